The number of aryl methyl sites for hydroxylation is 2. The Morgan fingerprint density at radius 2 is 1.69 bits per heavy atom. The number of hydrogen-bond acceptors (Lipinski definition) is 3. The van der Waals surface area contributed by atoms with Crippen molar-refractivity contribution in [3.05, 3.63) is 95.3 Å². The van der Waals surface area contributed by atoms with Crippen molar-refractivity contribution < 1.29 is 8.42 Å². The van der Waals surface area contributed by atoms with Gasteiger partial charge in [0.25, 0.3) is 0 Å². The number of nitrogens with zero attached hydrogens (tertiary/aromatic N) is 2. The summed E-state index contributed by atoms with van der Waals surface area (Å²) in [5.41, 5.74) is 3.99. The van der Waals surface area contributed by atoms with E-state index in [9.17, 15) is 8.42 Å². The van der Waals surface area contributed by atoms with Crippen LogP contribution in [0.2, 0.25) is 0 Å². The summed E-state index contributed by atoms with van der Waals surface area (Å²) in [7, 11) is -3.67. The molecule has 3 aromatic rings. The van der Waals surface area contributed by atoms with E-state index in [1.165, 1.54) is 4.31 Å². The van der Waals surface area contributed by atoms with Crippen LogP contribution in [0.1, 0.15) is 28.7 Å². The van der Waals surface area contributed by atoms with Gasteiger partial charge in [0, 0.05) is 31.4 Å². The predicted octanol–water partition coefficient (Wildman–Crippen LogP) is 4.95. The maximum Gasteiger partial charge on any atom is 0.243 e. The molecule has 0 N–H and O–H groups in total. The van der Waals surface area contributed by atoms with E-state index in [1.54, 1.807) is 24.5 Å². The highest BCUT2D eigenvalue weighted by Gasteiger charge is 2.25. The first-order chi connectivity index (χ1) is 14.0. The van der Waals surface area contributed by atoms with Gasteiger partial charge in [-0.05, 0) is 60.2 Å². The van der Waals surface area contributed by atoms with E-state index in [1.807, 2.05) is 55.5 Å². The van der Waals surface area contributed by atoms with Crippen molar-refractivity contribution in [3.8, 4) is 0 Å². The minimum atomic E-state index is -3.67. The van der Waals surface area contributed by atoms with Crippen LogP contribution < -0.4 is 0 Å². The van der Waals surface area contributed by atoms with E-state index in [4.69, 9.17) is 11.6 Å². The highest BCUT2D eigenvalue weighted by atomic mass is 35.5. The maximum atomic E-state index is 13.5. The third kappa shape index (κ3) is 5.66. The quantitative estimate of drug-likeness (QED) is 0.453. The first kappa shape index (κ1) is 21.5. The molecule has 6 heteroatoms. The predicted molar refractivity (Wildman–Crippen MR) is 117 cm³/mol. The van der Waals surface area contributed by atoms with Crippen molar-refractivity contribution in [1.29, 1.82) is 0 Å². The second-order valence-electron chi connectivity index (χ2n) is 7.00. The lowest BCUT2D eigenvalue weighted by molar-refractivity contribution is 0.400. The van der Waals surface area contributed by atoms with Crippen molar-refractivity contribution in [2.75, 3.05) is 5.88 Å². The minimum Gasteiger partial charge on any atom is -0.264 e. The highest BCUT2D eigenvalue weighted by Crippen LogP contribution is 2.23. The Hall–Kier alpha value is -2.21. The van der Waals surface area contributed by atoms with Gasteiger partial charge in [0.1, 0.15) is 0 Å². The second-order valence-corrected chi connectivity index (χ2v) is 9.31. The van der Waals surface area contributed by atoms with Gasteiger partial charge in [-0.2, -0.15) is 4.31 Å². The molecule has 0 fully saturated rings. The molecular formula is C23H25ClN2O2S. The number of sulfonamides is 1. The van der Waals surface area contributed by atoms with Crippen molar-refractivity contribution >= 4 is 21.6 Å². The van der Waals surface area contributed by atoms with Crippen LogP contribution in [0.25, 0.3) is 0 Å². The zero-order valence-electron chi connectivity index (χ0n) is 16.5. The lowest BCUT2D eigenvalue weighted by atomic mass is 10.1. The Kier molecular flexibility index (Phi) is 7.42. The largest absolute Gasteiger partial charge is 0.264 e. The van der Waals surface area contributed by atoms with Gasteiger partial charge in [-0.3, -0.25) is 4.98 Å². The van der Waals surface area contributed by atoms with Crippen LogP contribution in [0, 0.1) is 6.92 Å². The van der Waals surface area contributed by atoms with Crippen LogP contribution in [0.15, 0.2) is 78.0 Å². The first-order valence-corrected chi connectivity index (χ1v) is 11.6. The summed E-state index contributed by atoms with van der Waals surface area (Å²) in [5, 5.41) is 0. The van der Waals surface area contributed by atoms with Crippen molar-refractivity contribution in [1.82, 2.24) is 9.29 Å². The normalized spacial score (nSPS) is 11.7. The Balaban J connectivity index is 1.91. The van der Waals surface area contributed by atoms with Crippen molar-refractivity contribution in [3.63, 3.8) is 0 Å². The molecule has 0 aliphatic rings. The molecular weight excluding hydrogens is 404 g/mol. The lowest BCUT2D eigenvalue weighted by Gasteiger charge is -2.23. The van der Waals surface area contributed by atoms with Gasteiger partial charge in [0.2, 0.25) is 10.0 Å². The average Bonchev–Trinajstić information content (AvgIpc) is 2.74. The summed E-state index contributed by atoms with van der Waals surface area (Å²) in [6.07, 6.45) is 5.10. The first-order valence-electron chi connectivity index (χ1n) is 9.59. The molecule has 0 atom stereocenters. The van der Waals surface area contributed by atoms with Crippen LogP contribution >= 0.6 is 11.6 Å². The summed E-state index contributed by atoms with van der Waals surface area (Å²) >= 11 is 5.76. The molecule has 0 unspecified atom stereocenters. The summed E-state index contributed by atoms with van der Waals surface area (Å²) in [4.78, 5) is 4.42. The van der Waals surface area contributed by atoms with E-state index in [2.05, 4.69) is 4.98 Å². The van der Waals surface area contributed by atoms with Crippen molar-refractivity contribution in [2.45, 2.75) is 37.8 Å². The van der Waals surface area contributed by atoms with E-state index in [0.29, 0.717) is 17.3 Å². The number of alkyl halides is 1. The zero-order chi connectivity index (χ0) is 20.7. The third-order valence-electron chi connectivity index (χ3n) is 4.85. The van der Waals surface area contributed by atoms with E-state index < -0.39 is 10.0 Å². The molecule has 152 valence electrons. The molecule has 0 aliphatic heterocycles. The Morgan fingerprint density at radius 1 is 0.931 bits per heavy atom. The minimum absolute atomic E-state index is 0.262. The van der Waals surface area contributed by atoms with Gasteiger partial charge in [-0.25, -0.2) is 8.42 Å². The second kappa shape index (κ2) is 10.0. The van der Waals surface area contributed by atoms with Crippen molar-refractivity contribution in [2.24, 2.45) is 0 Å². The van der Waals surface area contributed by atoms with Gasteiger partial charge >= 0.3 is 0 Å². The Morgan fingerprint density at radius 3 is 2.34 bits per heavy atom. The molecule has 0 spiro atoms. The number of aromatic nitrogens is 1. The fourth-order valence-corrected chi connectivity index (χ4v) is 4.69. The van der Waals surface area contributed by atoms with Gasteiger partial charge in [-0.1, -0.05) is 42.5 Å². The standard InChI is InChI=1S/C23H25ClN2O2S/c1-19-6-2-3-9-22(19)18-26(17-21-8-5-15-25-16-21)29(27,28)23-12-10-20(11-13-23)7-4-14-24/h2-3,5-6,8-13,15-16H,4,7,14,17-18H2,1H3. The summed E-state index contributed by atoms with van der Waals surface area (Å²) in [5.74, 6) is 0.593. The van der Waals surface area contributed by atoms with E-state index >= 15 is 0 Å². The summed E-state index contributed by atoms with van der Waals surface area (Å²) < 4.78 is 28.4. The molecule has 1 heterocycles. The van der Waals surface area contributed by atoms with Gasteiger partial charge in [0.05, 0.1) is 4.90 Å². The molecule has 0 saturated heterocycles. The van der Waals surface area contributed by atoms with Crippen LogP contribution in [-0.2, 0) is 29.5 Å². The topological polar surface area (TPSA) is 50.3 Å². The molecule has 1 aromatic heterocycles. The van der Waals surface area contributed by atoms with Gasteiger partial charge in [-0.15, -0.1) is 11.6 Å². The van der Waals surface area contributed by atoms with Crippen LogP contribution in [0.5, 0.6) is 0 Å². The van der Waals surface area contributed by atoms with Gasteiger partial charge in [0.15, 0.2) is 0 Å². The monoisotopic (exact) mass is 428 g/mol. The maximum absolute atomic E-state index is 13.5. The fraction of sp³-hybridized carbons (Fsp3) is 0.261. The third-order valence-corrected chi connectivity index (χ3v) is 6.92. The molecule has 0 radical (unpaired) electrons. The molecule has 2 aromatic carbocycles. The number of rotatable bonds is 9. The number of benzene rings is 2. The highest BCUT2D eigenvalue weighted by molar-refractivity contribution is 7.89. The number of halogens is 1. The molecule has 0 aliphatic carbocycles. The SMILES string of the molecule is Cc1ccccc1CN(Cc1cccnc1)S(=O)(=O)c1ccc(CCCCl)cc1. The van der Waals surface area contributed by atoms with E-state index in [0.717, 1.165) is 35.1 Å². The molecule has 0 amide bonds. The Labute approximate surface area is 178 Å². The van der Waals surface area contributed by atoms with Crippen LogP contribution in [0.3, 0.4) is 0 Å². The molecule has 4 nitrogen and oxygen atoms in total. The fourth-order valence-electron chi connectivity index (χ4n) is 3.15. The number of pyridine rings is 1. The molecule has 0 bridgehead atoms. The zero-order valence-corrected chi connectivity index (χ0v) is 18.0. The molecule has 29 heavy (non-hydrogen) atoms. The van der Waals surface area contributed by atoms with Crippen LogP contribution in [-0.4, -0.2) is 23.6 Å². The number of hydrogen-bond donors (Lipinski definition) is 0. The average molecular weight is 429 g/mol. The summed E-state index contributed by atoms with van der Waals surface area (Å²) in [6, 6.07) is 18.7. The van der Waals surface area contributed by atoms with E-state index in [-0.39, 0.29) is 6.54 Å². The van der Waals surface area contributed by atoms with Crippen LogP contribution in [0.4, 0.5) is 0 Å². The summed E-state index contributed by atoms with van der Waals surface area (Å²) in [6.45, 7) is 2.56. The Bertz CT molecular complexity index is 1020. The lowest BCUT2D eigenvalue weighted by Crippen LogP contribution is -2.30. The van der Waals surface area contributed by atoms with Gasteiger partial charge < -0.3 is 0 Å². The molecule has 0 saturated carbocycles. The smallest absolute Gasteiger partial charge is 0.243 e. The molecule has 3 rings (SSSR count).